The Hall–Kier alpha value is -4.67. The molecule has 1 unspecified atom stereocenters. The number of carbonyl (C=O) groups is 4. The molecule has 3 N–H and O–H groups in total. The van der Waals surface area contributed by atoms with E-state index in [1.54, 1.807) is 29.9 Å². The third-order valence-corrected chi connectivity index (χ3v) is 8.63. The number of anilines is 2. The zero-order valence-corrected chi connectivity index (χ0v) is 27.3. The van der Waals surface area contributed by atoms with Crippen LogP contribution in [-0.2, 0) is 22.1 Å². The number of carbonyl (C=O) groups excluding carboxylic acids is 3. The number of aryl methyl sites for hydroxylation is 2. The van der Waals surface area contributed by atoms with Crippen LogP contribution >= 0.6 is 0 Å². The van der Waals surface area contributed by atoms with Crippen molar-refractivity contribution in [3.05, 3.63) is 76.6 Å². The van der Waals surface area contributed by atoms with Gasteiger partial charge in [0.2, 0.25) is 5.91 Å². The highest BCUT2D eigenvalue weighted by Gasteiger charge is 2.34. The molecule has 5 rings (SSSR count). The number of carboxylic acid groups (broad SMARTS) is 1. The molecule has 2 aromatic carbocycles. The van der Waals surface area contributed by atoms with Gasteiger partial charge in [-0.05, 0) is 56.0 Å². The quantitative estimate of drug-likeness (QED) is 0.313. The summed E-state index contributed by atoms with van der Waals surface area (Å²) in [6.07, 6.45) is 2.41. The van der Waals surface area contributed by atoms with Crippen molar-refractivity contribution in [1.82, 2.24) is 20.0 Å². The second kappa shape index (κ2) is 13.4. The van der Waals surface area contributed by atoms with Gasteiger partial charge in [-0.15, -0.1) is 0 Å². The van der Waals surface area contributed by atoms with Gasteiger partial charge in [-0.25, -0.2) is 0 Å². The van der Waals surface area contributed by atoms with Crippen LogP contribution in [0.25, 0.3) is 0 Å². The second-order valence-corrected chi connectivity index (χ2v) is 13.4. The number of aliphatic carboxylic acids is 1. The van der Waals surface area contributed by atoms with Gasteiger partial charge in [0.15, 0.2) is 0 Å². The minimum absolute atomic E-state index is 0.154. The highest BCUT2D eigenvalue weighted by molar-refractivity contribution is 6.06. The number of rotatable bonds is 9. The van der Waals surface area contributed by atoms with Gasteiger partial charge in [-0.1, -0.05) is 50.6 Å². The molecule has 3 amide bonds. The second-order valence-electron chi connectivity index (χ2n) is 13.4. The predicted molar refractivity (Wildman–Crippen MR) is 176 cm³/mol. The van der Waals surface area contributed by atoms with E-state index in [2.05, 4.69) is 20.6 Å². The Morgan fingerprint density at radius 1 is 0.957 bits per heavy atom. The highest BCUT2D eigenvalue weighted by atomic mass is 16.4. The van der Waals surface area contributed by atoms with Crippen molar-refractivity contribution in [2.24, 2.45) is 13.0 Å². The van der Waals surface area contributed by atoms with Crippen LogP contribution in [0.5, 0.6) is 0 Å². The summed E-state index contributed by atoms with van der Waals surface area (Å²) in [4.78, 5) is 55.8. The predicted octanol–water partition coefficient (Wildman–Crippen LogP) is 4.67. The monoisotopic (exact) mass is 628 g/mol. The van der Waals surface area contributed by atoms with E-state index in [1.165, 1.54) is 0 Å². The standard InChI is InChI=1S/C35H44N6O5/c1-22-7-9-23(10-8-22)26(20-31(42)43)36-32(44)25-13-14-28(40-15-6-16-41(18-17-40)34(46)24-11-12-24)27(19-25)37-33(45)29-21-30(35(2,3)4)38-39(29)5/h7-10,13-14,19,21,24,26H,6,11-12,15-18,20H2,1-5H3,(H,36,44)(H,37,45)(H,42,43). The Labute approximate surface area is 269 Å². The molecule has 0 radical (unpaired) electrons. The molecule has 46 heavy (non-hydrogen) atoms. The number of hydrogen-bond acceptors (Lipinski definition) is 6. The summed E-state index contributed by atoms with van der Waals surface area (Å²) in [6.45, 7) is 10.6. The summed E-state index contributed by atoms with van der Waals surface area (Å²) in [5, 5.41) is 20.0. The minimum Gasteiger partial charge on any atom is -0.481 e. The van der Waals surface area contributed by atoms with Crippen LogP contribution in [0, 0.1) is 12.8 Å². The molecule has 11 nitrogen and oxygen atoms in total. The third kappa shape index (κ3) is 7.75. The molecule has 1 aliphatic heterocycles. The van der Waals surface area contributed by atoms with Gasteiger partial charge in [-0.3, -0.25) is 23.9 Å². The fraction of sp³-hybridized carbons (Fsp3) is 0.457. The lowest BCUT2D eigenvalue weighted by Crippen LogP contribution is -2.36. The first-order valence-corrected chi connectivity index (χ1v) is 15.9. The van der Waals surface area contributed by atoms with Crippen molar-refractivity contribution in [1.29, 1.82) is 0 Å². The Kier molecular flexibility index (Phi) is 9.50. The summed E-state index contributed by atoms with van der Waals surface area (Å²) in [5.74, 6) is -1.48. The van der Waals surface area contributed by atoms with E-state index < -0.39 is 17.9 Å². The maximum atomic E-state index is 13.7. The van der Waals surface area contributed by atoms with Crippen LogP contribution in [-0.4, -0.2) is 69.7 Å². The van der Waals surface area contributed by atoms with Gasteiger partial charge >= 0.3 is 5.97 Å². The van der Waals surface area contributed by atoms with Crippen molar-refractivity contribution in [3.63, 3.8) is 0 Å². The number of nitrogens with zero attached hydrogens (tertiary/aromatic N) is 4. The number of nitrogens with one attached hydrogen (secondary N) is 2. The van der Waals surface area contributed by atoms with Crippen LogP contribution in [0.4, 0.5) is 11.4 Å². The molecule has 1 saturated carbocycles. The van der Waals surface area contributed by atoms with Gasteiger partial charge in [0.1, 0.15) is 5.69 Å². The molecular formula is C35H44N6O5. The molecule has 0 spiro atoms. The molecule has 3 aromatic rings. The van der Waals surface area contributed by atoms with E-state index >= 15 is 0 Å². The first kappa shape index (κ1) is 32.7. The third-order valence-electron chi connectivity index (χ3n) is 8.63. The lowest BCUT2D eigenvalue weighted by atomic mass is 9.92. The SMILES string of the molecule is Cc1ccc(C(CC(=O)O)NC(=O)c2ccc(N3CCCN(C(=O)C4CC4)CC3)c(NC(=O)c3cc(C(C)(C)C)nn3C)c2)cc1. The maximum absolute atomic E-state index is 13.7. The molecule has 2 heterocycles. The Balaban J connectivity index is 1.44. The molecule has 1 aromatic heterocycles. The summed E-state index contributed by atoms with van der Waals surface area (Å²) in [7, 11) is 1.73. The average molecular weight is 629 g/mol. The number of hydrogen-bond donors (Lipinski definition) is 3. The molecule has 244 valence electrons. The van der Waals surface area contributed by atoms with E-state index in [9.17, 15) is 24.3 Å². The normalized spacial score (nSPS) is 16.0. The van der Waals surface area contributed by atoms with Crippen molar-refractivity contribution >= 4 is 35.1 Å². The largest absolute Gasteiger partial charge is 0.481 e. The van der Waals surface area contributed by atoms with E-state index in [-0.39, 0.29) is 35.1 Å². The fourth-order valence-corrected chi connectivity index (χ4v) is 5.72. The smallest absolute Gasteiger partial charge is 0.305 e. The molecule has 2 fully saturated rings. The van der Waals surface area contributed by atoms with Crippen LogP contribution < -0.4 is 15.5 Å². The molecule has 1 atom stereocenters. The van der Waals surface area contributed by atoms with Gasteiger partial charge in [-0.2, -0.15) is 5.10 Å². The Bertz CT molecular complexity index is 1620. The maximum Gasteiger partial charge on any atom is 0.305 e. The Morgan fingerprint density at radius 2 is 1.67 bits per heavy atom. The van der Waals surface area contributed by atoms with E-state index in [1.807, 2.05) is 62.9 Å². The van der Waals surface area contributed by atoms with Gasteiger partial charge in [0, 0.05) is 50.1 Å². The first-order chi connectivity index (χ1) is 21.8. The van der Waals surface area contributed by atoms with E-state index in [0.717, 1.165) is 36.2 Å². The van der Waals surface area contributed by atoms with Crippen LogP contribution in [0.15, 0.2) is 48.5 Å². The minimum atomic E-state index is -1.03. The van der Waals surface area contributed by atoms with Gasteiger partial charge in [0.25, 0.3) is 11.8 Å². The fourth-order valence-electron chi connectivity index (χ4n) is 5.72. The van der Waals surface area contributed by atoms with Crippen molar-refractivity contribution in [2.45, 2.75) is 64.8 Å². The topological polar surface area (TPSA) is 137 Å². The molecular weight excluding hydrogens is 584 g/mol. The summed E-state index contributed by atoms with van der Waals surface area (Å²) in [6, 6.07) is 13.5. The number of carboxylic acids is 1. The van der Waals surface area contributed by atoms with E-state index in [4.69, 9.17) is 0 Å². The first-order valence-electron chi connectivity index (χ1n) is 15.9. The van der Waals surface area contributed by atoms with Gasteiger partial charge in [0.05, 0.1) is 29.5 Å². The zero-order chi connectivity index (χ0) is 33.2. The highest BCUT2D eigenvalue weighted by Crippen LogP contribution is 2.33. The lowest BCUT2D eigenvalue weighted by molar-refractivity contribution is -0.137. The molecule has 0 bridgehead atoms. The molecule has 1 saturated heterocycles. The number of amides is 3. The molecule has 2 aliphatic rings. The zero-order valence-electron chi connectivity index (χ0n) is 27.3. The van der Waals surface area contributed by atoms with Crippen molar-refractivity contribution in [3.8, 4) is 0 Å². The van der Waals surface area contributed by atoms with Crippen molar-refractivity contribution < 1.29 is 24.3 Å². The summed E-state index contributed by atoms with van der Waals surface area (Å²) < 4.78 is 1.55. The summed E-state index contributed by atoms with van der Waals surface area (Å²) >= 11 is 0. The van der Waals surface area contributed by atoms with Crippen molar-refractivity contribution in [2.75, 3.05) is 36.4 Å². The van der Waals surface area contributed by atoms with Gasteiger partial charge < -0.3 is 25.5 Å². The molecule has 1 aliphatic carbocycles. The Morgan fingerprint density at radius 3 is 2.30 bits per heavy atom. The molecule has 11 heteroatoms. The van der Waals surface area contributed by atoms with Crippen LogP contribution in [0.2, 0.25) is 0 Å². The van der Waals surface area contributed by atoms with Crippen LogP contribution in [0.3, 0.4) is 0 Å². The summed E-state index contributed by atoms with van der Waals surface area (Å²) in [5.41, 5.74) is 4.09. The lowest BCUT2D eigenvalue weighted by Gasteiger charge is -2.27. The number of aromatic nitrogens is 2. The average Bonchev–Trinajstić information content (AvgIpc) is 3.80. The van der Waals surface area contributed by atoms with Crippen LogP contribution in [0.1, 0.15) is 90.2 Å². The number of benzene rings is 2. The van der Waals surface area contributed by atoms with E-state index in [0.29, 0.717) is 43.1 Å².